The minimum Gasteiger partial charge on any atom is -0.497 e. The van der Waals surface area contributed by atoms with Crippen LogP contribution in [0.4, 0.5) is 10.8 Å². The van der Waals surface area contributed by atoms with Crippen LogP contribution < -0.4 is 19.1 Å². The molecule has 39 heavy (non-hydrogen) atoms. The Morgan fingerprint density at radius 1 is 1.08 bits per heavy atom. The fourth-order valence-electron chi connectivity index (χ4n) is 4.42. The lowest BCUT2D eigenvalue weighted by Crippen LogP contribution is -2.37. The molecule has 1 aliphatic rings. The van der Waals surface area contributed by atoms with Crippen molar-refractivity contribution < 1.29 is 27.4 Å². The number of nitrogens with zero attached hydrogens (tertiary/aromatic N) is 2. The van der Waals surface area contributed by atoms with Gasteiger partial charge in [0.1, 0.15) is 17.0 Å². The lowest BCUT2D eigenvalue weighted by atomic mass is 10.1. The van der Waals surface area contributed by atoms with E-state index >= 15 is 0 Å². The van der Waals surface area contributed by atoms with Gasteiger partial charge in [0.15, 0.2) is 5.13 Å². The summed E-state index contributed by atoms with van der Waals surface area (Å²) in [4.78, 5) is 20.3. The number of amides is 1. The van der Waals surface area contributed by atoms with Crippen LogP contribution in [-0.4, -0.2) is 52.8 Å². The monoisotopic (exact) mass is 567 g/mol. The molecule has 1 amide bonds. The van der Waals surface area contributed by atoms with Gasteiger partial charge in [-0.2, -0.15) is 0 Å². The van der Waals surface area contributed by atoms with E-state index in [1.165, 1.54) is 30.6 Å². The highest BCUT2D eigenvalue weighted by Crippen LogP contribution is 2.37. The number of anilines is 2. The number of aryl methyl sites for hydroxylation is 1. The minimum atomic E-state index is -3.81. The summed E-state index contributed by atoms with van der Waals surface area (Å²) in [6.07, 6.45) is 1.73. The van der Waals surface area contributed by atoms with Crippen molar-refractivity contribution in [2.24, 2.45) is 0 Å². The summed E-state index contributed by atoms with van der Waals surface area (Å²) in [5.41, 5.74) is 2.51. The molecule has 4 aromatic rings. The maximum atomic E-state index is 13.8. The summed E-state index contributed by atoms with van der Waals surface area (Å²) >= 11 is 1.44. The third-order valence-corrected chi connectivity index (χ3v) is 9.16. The number of ether oxygens (including phenoxy) is 3. The summed E-state index contributed by atoms with van der Waals surface area (Å²) in [5.74, 6) is 0.966. The van der Waals surface area contributed by atoms with Gasteiger partial charge in [-0.1, -0.05) is 17.4 Å². The molecule has 1 N–H and O–H groups in total. The number of hydrogen-bond donors (Lipinski definition) is 1. The highest BCUT2D eigenvalue weighted by atomic mass is 32.2. The lowest BCUT2D eigenvalue weighted by Gasteiger charge is -2.23. The molecule has 9 nitrogen and oxygen atoms in total. The van der Waals surface area contributed by atoms with Crippen molar-refractivity contribution in [3.05, 3.63) is 71.8 Å². The van der Waals surface area contributed by atoms with E-state index < -0.39 is 10.0 Å². The molecule has 2 heterocycles. The number of sulfonamides is 1. The largest absolute Gasteiger partial charge is 0.497 e. The van der Waals surface area contributed by atoms with Gasteiger partial charge in [0.25, 0.3) is 15.9 Å². The van der Waals surface area contributed by atoms with Gasteiger partial charge in [-0.3, -0.25) is 14.4 Å². The van der Waals surface area contributed by atoms with E-state index in [4.69, 9.17) is 19.2 Å². The topological polar surface area (TPSA) is 107 Å². The van der Waals surface area contributed by atoms with Crippen LogP contribution in [0.5, 0.6) is 11.5 Å². The van der Waals surface area contributed by atoms with Crippen LogP contribution >= 0.6 is 11.3 Å². The molecule has 1 fully saturated rings. The number of carbonyl (C=O) groups is 1. The average Bonchev–Trinajstić information content (AvgIpc) is 3.63. The molecule has 0 bridgehead atoms. The number of hydrogen-bond acceptors (Lipinski definition) is 8. The van der Waals surface area contributed by atoms with E-state index in [1.54, 1.807) is 48.4 Å². The van der Waals surface area contributed by atoms with Gasteiger partial charge in [0, 0.05) is 17.9 Å². The Morgan fingerprint density at radius 3 is 2.46 bits per heavy atom. The number of thiazole rings is 1. The van der Waals surface area contributed by atoms with Crippen LogP contribution in [0.1, 0.15) is 28.8 Å². The van der Waals surface area contributed by atoms with E-state index in [-0.39, 0.29) is 16.9 Å². The molecule has 1 aromatic heterocycles. The Hall–Kier alpha value is -3.67. The molecule has 1 saturated heterocycles. The van der Waals surface area contributed by atoms with E-state index in [9.17, 15) is 13.2 Å². The van der Waals surface area contributed by atoms with E-state index in [0.717, 1.165) is 23.1 Å². The molecule has 0 spiro atoms. The second-order valence-corrected chi connectivity index (χ2v) is 11.8. The number of fused-ring (bicyclic) bond motifs is 1. The zero-order chi connectivity index (χ0) is 27.6. The molecular formula is C28H29N3O6S2. The molecular weight excluding hydrogens is 538 g/mol. The number of methoxy groups -OCH3 is 2. The Balaban J connectivity index is 1.41. The first-order valence-electron chi connectivity index (χ1n) is 12.4. The predicted octanol–water partition coefficient (Wildman–Crippen LogP) is 5.25. The van der Waals surface area contributed by atoms with Gasteiger partial charge in [0.2, 0.25) is 0 Å². The van der Waals surface area contributed by atoms with E-state index in [0.29, 0.717) is 46.5 Å². The second-order valence-electron chi connectivity index (χ2n) is 9.17. The van der Waals surface area contributed by atoms with Gasteiger partial charge in [-0.15, -0.1) is 0 Å². The Labute approximate surface area is 231 Å². The lowest BCUT2D eigenvalue weighted by molar-refractivity contribution is 0.0917. The summed E-state index contributed by atoms with van der Waals surface area (Å²) in [5, 5.41) is 0.558. The summed E-state index contributed by atoms with van der Waals surface area (Å²) < 4.78 is 45.6. The first-order chi connectivity index (χ1) is 18.8. The molecule has 0 saturated carbocycles. The molecule has 1 aliphatic heterocycles. The summed E-state index contributed by atoms with van der Waals surface area (Å²) in [6, 6.07) is 16.3. The van der Waals surface area contributed by atoms with Crippen LogP contribution in [0.2, 0.25) is 0 Å². The summed E-state index contributed by atoms with van der Waals surface area (Å²) in [6.45, 7) is 3.04. The molecule has 11 heteroatoms. The fraction of sp³-hybridized carbons (Fsp3) is 0.286. The number of aromatic nitrogens is 1. The van der Waals surface area contributed by atoms with Crippen LogP contribution in [0.15, 0.2) is 65.6 Å². The molecule has 204 valence electrons. The van der Waals surface area contributed by atoms with Gasteiger partial charge in [-0.25, -0.2) is 13.4 Å². The maximum Gasteiger partial charge on any atom is 0.261 e. The van der Waals surface area contributed by atoms with Gasteiger partial charge >= 0.3 is 0 Å². The quantitative estimate of drug-likeness (QED) is 0.294. The first-order valence-corrected chi connectivity index (χ1v) is 14.7. The van der Waals surface area contributed by atoms with Gasteiger partial charge < -0.3 is 14.2 Å². The Kier molecular flexibility index (Phi) is 7.74. The smallest absolute Gasteiger partial charge is 0.261 e. The van der Waals surface area contributed by atoms with E-state index in [2.05, 4.69) is 4.72 Å². The maximum absolute atomic E-state index is 13.8. The number of nitrogens with one attached hydrogen (secondary N) is 1. The second kappa shape index (κ2) is 11.2. The minimum absolute atomic E-state index is 0.0838. The van der Waals surface area contributed by atoms with Crippen molar-refractivity contribution in [3.8, 4) is 11.5 Å². The molecule has 3 aromatic carbocycles. The zero-order valence-electron chi connectivity index (χ0n) is 21.8. The first kappa shape index (κ1) is 26.9. The zero-order valence-corrected chi connectivity index (χ0v) is 23.5. The number of carbonyl (C=O) groups excluding carboxylic acids is 1. The van der Waals surface area contributed by atoms with Crippen molar-refractivity contribution in [3.63, 3.8) is 0 Å². The Morgan fingerprint density at radius 2 is 1.82 bits per heavy atom. The predicted molar refractivity (Wildman–Crippen MR) is 152 cm³/mol. The average molecular weight is 568 g/mol. The third kappa shape index (κ3) is 5.70. The van der Waals surface area contributed by atoms with Crippen molar-refractivity contribution in [2.75, 3.05) is 37.0 Å². The highest BCUT2D eigenvalue weighted by molar-refractivity contribution is 7.92. The van der Waals surface area contributed by atoms with Crippen molar-refractivity contribution in [1.82, 2.24) is 4.98 Å². The molecule has 0 radical (unpaired) electrons. The fourth-order valence-corrected chi connectivity index (χ4v) is 6.54. The van der Waals surface area contributed by atoms with E-state index in [1.807, 2.05) is 19.1 Å². The van der Waals surface area contributed by atoms with Crippen LogP contribution in [-0.2, 0) is 14.8 Å². The normalized spacial score (nSPS) is 15.3. The van der Waals surface area contributed by atoms with Gasteiger partial charge in [-0.05, 0) is 79.9 Å². The SMILES string of the molecule is COc1ccc(S(=O)(=O)Nc2ccc(C(=O)N(CC3CCCO3)c3nc4c(OC)ccc(C)c4s3)cc2)cc1. The standard InChI is InChI=1S/C28H29N3O6S2/c1-18-6-15-24(36-3)25-26(18)38-28(29-25)31(17-22-5-4-16-37-22)27(32)19-7-9-20(10-8-19)30-39(33,34)23-13-11-21(35-2)12-14-23/h6-15,22,30H,4-5,16-17H2,1-3H3. The molecule has 1 atom stereocenters. The highest BCUT2D eigenvalue weighted by Gasteiger charge is 2.28. The van der Waals surface area contributed by atoms with Crippen molar-refractivity contribution in [2.45, 2.75) is 30.8 Å². The molecule has 5 rings (SSSR count). The van der Waals surface area contributed by atoms with Crippen LogP contribution in [0, 0.1) is 6.92 Å². The number of benzene rings is 3. The number of rotatable bonds is 9. The Bertz CT molecular complexity index is 1580. The molecule has 0 aliphatic carbocycles. The van der Waals surface area contributed by atoms with Crippen molar-refractivity contribution in [1.29, 1.82) is 0 Å². The van der Waals surface area contributed by atoms with Crippen LogP contribution in [0.25, 0.3) is 10.2 Å². The van der Waals surface area contributed by atoms with Crippen molar-refractivity contribution >= 4 is 48.3 Å². The molecule has 1 unspecified atom stereocenters. The summed E-state index contributed by atoms with van der Waals surface area (Å²) in [7, 11) is -0.694. The van der Waals surface area contributed by atoms with Crippen LogP contribution in [0.3, 0.4) is 0 Å². The van der Waals surface area contributed by atoms with Gasteiger partial charge in [0.05, 0.1) is 36.5 Å². The third-order valence-electron chi connectivity index (χ3n) is 6.55.